The molecule has 0 aromatic heterocycles. The first-order chi connectivity index (χ1) is 9.18. The maximum atomic E-state index is 9.67. The molecule has 0 heterocycles. The number of rotatable bonds is 5. The van der Waals surface area contributed by atoms with E-state index in [1.165, 1.54) is 17.2 Å². The van der Waals surface area contributed by atoms with Crippen LogP contribution in [-0.2, 0) is 13.0 Å². The van der Waals surface area contributed by atoms with E-state index in [0.29, 0.717) is 12.1 Å². The van der Waals surface area contributed by atoms with Gasteiger partial charge in [-0.2, -0.15) is 0 Å². The third-order valence-electron chi connectivity index (χ3n) is 3.25. The van der Waals surface area contributed by atoms with Gasteiger partial charge >= 0.3 is 0 Å². The molecule has 0 bridgehead atoms. The van der Waals surface area contributed by atoms with Crippen molar-refractivity contribution in [2.24, 2.45) is 0 Å². The Hall–Kier alpha value is -2.00. The zero-order valence-electron chi connectivity index (χ0n) is 11.1. The molecule has 0 fully saturated rings. The van der Waals surface area contributed by atoms with Gasteiger partial charge in [0.25, 0.3) is 0 Å². The minimum absolute atomic E-state index is 0.0362. The van der Waals surface area contributed by atoms with E-state index in [4.69, 9.17) is 0 Å². The molecule has 0 saturated carbocycles. The van der Waals surface area contributed by atoms with E-state index in [1.54, 1.807) is 12.1 Å². The predicted octanol–water partition coefficient (Wildman–Crippen LogP) is 2.74. The summed E-state index contributed by atoms with van der Waals surface area (Å²) in [7, 11) is 0. The van der Waals surface area contributed by atoms with Gasteiger partial charge in [-0.25, -0.2) is 0 Å². The Bertz CT molecular complexity index is 552. The Morgan fingerprint density at radius 3 is 2.47 bits per heavy atom. The molecule has 2 aromatic rings. The topological polar surface area (TPSA) is 52.5 Å². The van der Waals surface area contributed by atoms with E-state index in [-0.39, 0.29) is 11.5 Å². The van der Waals surface area contributed by atoms with Gasteiger partial charge in [-0.3, -0.25) is 0 Å². The third kappa shape index (κ3) is 3.48. The van der Waals surface area contributed by atoms with Gasteiger partial charge in [-0.1, -0.05) is 36.4 Å². The number of aromatic hydroxyl groups is 2. The summed E-state index contributed by atoms with van der Waals surface area (Å²) in [6.45, 7) is 3.49. The fourth-order valence-electron chi connectivity index (χ4n) is 2.06. The minimum Gasteiger partial charge on any atom is -0.504 e. The standard InChI is InChI=1S/C16H19NO2/c1-12-5-2-3-6-13(12)9-10-17-11-14-7-4-8-15(18)16(14)19/h2-8,17-19H,9-11H2,1H3. The fraction of sp³-hybridized carbons (Fsp3) is 0.250. The van der Waals surface area contributed by atoms with Gasteiger partial charge < -0.3 is 15.5 Å². The highest BCUT2D eigenvalue weighted by Crippen LogP contribution is 2.27. The highest BCUT2D eigenvalue weighted by molar-refractivity contribution is 5.44. The van der Waals surface area contributed by atoms with Crippen LogP contribution in [-0.4, -0.2) is 16.8 Å². The molecule has 0 aliphatic rings. The lowest BCUT2D eigenvalue weighted by Gasteiger charge is -2.09. The van der Waals surface area contributed by atoms with Crippen molar-refractivity contribution in [3.05, 3.63) is 59.2 Å². The summed E-state index contributed by atoms with van der Waals surface area (Å²) in [5.41, 5.74) is 3.34. The number of benzene rings is 2. The van der Waals surface area contributed by atoms with E-state index in [9.17, 15) is 10.2 Å². The first-order valence-electron chi connectivity index (χ1n) is 6.43. The zero-order valence-corrected chi connectivity index (χ0v) is 11.1. The summed E-state index contributed by atoms with van der Waals surface area (Å²) in [5, 5.41) is 22.3. The second kappa shape index (κ2) is 6.25. The molecule has 2 rings (SSSR count). The number of hydrogen-bond donors (Lipinski definition) is 3. The highest BCUT2D eigenvalue weighted by Gasteiger charge is 2.04. The van der Waals surface area contributed by atoms with Crippen molar-refractivity contribution in [3.8, 4) is 11.5 Å². The van der Waals surface area contributed by atoms with E-state index >= 15 is 0 Å². The molecule has 100 valence electrons. The van der Waals surface area contributed by atoms with Crippen LogP contribution in [0.4, 0.5) is 0 Å². The average Bonchev–Trinajstić information content (AvgIpc) is 2.41. The molecule has 3 heteroatoms. The van der Waals surface area contributed by atoms with Crippen molar-refractivity contribution in [2.45, 2.75) is 19.9 Å². The number of nitrogens with one attached hydrogen (secondary N) is 1. The van der Waals surface area contributed by atoms with Crippen LogP contribution in [0.25, 0.3) is 0 Å². The summed E-state index contributed by atoms with van der Waals surface area (Å²) < 4.78 is 0. The molecular formula is C16H19NO2. The predicted molar refractivity (Wildman–Crippen MR) is 76.4 cm³/mol. The number of phenolic OH excluding ortho intramolecular Hbond substituents is 2. The molecular weight excluding hydrogens is 238 g/mol. The van der Waals surface area contributed by atoms with E-state index < -0.39 is 0 Å². The van der Waals surface area contributed by atoms with Gasteiger partial charge in [-0.05, 0) is 37.1 Å². The Labute approximate surface area is 113 Å². The van der Waals surface area contributed by atoms with Crippen molar-refractivity contribution < 1.29 is 10.2 Å². The summed E-state index contributed by atoms with van der Waals surface area (Å²) in [4.78, 5) is 0. The van der Waals surface area contributed by atoms with E-state index in [0.717, 1.165) is 13.0 Å². The zero-order chi connectivity index (χ0) is 13.7. The first kappa shape index (κ1) is 13.4. The van der Waals surface area contributed by atoms with Crippen molar-refractivity contribution in [3.63, 3.8) is 0 Å². The second-order valence-corrected chi connectivity index (χ2v) is 4.64. The Morgan fingerprint density at radius 1 is 0.947 bits per heavy atom. The van der Waals surface area contributed by atoms with Crippen molar-refractivity contribution >= 4 is 0 Å². The normalized spacial score (nSPS) is 10.6. The maximum Gasteiger partial charge on any atom is 0.161 e. The number of hydrogen-bond acceptors (Lipinski definition) is 3. The molecule has 0 atom stereocenters. The summed E-state index contributed by atoms with van der Waals surface area (Å²) >= 11 is 0. The van der Waals surface area contributed by atoms with Gasteiger partial charge in [0, 0.05) is 12.1 Å². The Morgan fingerprint density at radius 2 is 1.68 bits per heavy atom. The minimum atomic E-state index is -0.0711. The van der Waals surface area contributed by atoms with Crippen molar-refractivity contribution in [1.29, 1.82) is 0 Å². The molecule has 2 aromatic carbocycles. The lowest BCUT2D eigenvalue weighted by molar-refractivity contribution is 0.398. The summed E-state index contributed by atoms with van der Waals surface area (Å²) in [6, 6.07) is 13.3. The molecule has 19 heavy (non-hydrogen) atoms. The van der Waals surface area contributed by atoms with Gasteiger partial charge in [0.15, 0.2) is 11.5 Å². The quantitative estimate of drug-likeness (QED) is 0.570. The van der Waals surface area contributed by atoms with Crippen LogP contribution in [0.3, 0.4) is 0 Å². The Balaban J connectivity index is 1.84. The average molecular weight is 257 g/mol. The number of aryl methyl sites for hydroxylation is 1. The van der Waals surface area contributed by atoms with Gasteiger partial charge in [0.1, 0.15) is 0 Å². The van der Waals surface area contributed by atoms with E-state index in [1.807, 2.05) is 12.1 Å². The number of para-hydroxylation sites is 1. The van der Waals surface area contributed by atoms with E-state index in [2.05, 4.69) is 24.4 Å². The van der Waals surface area contributed by atoms with Crippen LogP contribution in [0.1, 0.15) is 16.7 Å². The molecule has 0 spiro atoms. The Kier molecular flexibility index (Phi) is 4.42. The lowest BCUT2D eigenvalue weighted by Crippen LogP contribution is -2.17. The SMILES string of the molecule is Cc1ccccc1CCNCc1cccc(O)c1O. The third-order valence-corrected chi connectivity index (χ3v) is 3.25. The van der Waals surface area contributed by atoms with Gasteiger partial charge in [0.05, 0.1) is 0 Å². The summed E-state index contributed by atoms with van der Waals surface area (Å²) in [5.74, 6) is -0.107. The smallest absolute Gasteiger partial charge is 0.161 e. The molecule has 0 aliphatic heterocycles. The molecule has 0 saturated heterocycles. The maximum absolute atomic E-state index is 9.67. The number of phenols is 2. The molecule has 0 aliphatic carbocycles. The van der Waals surface area contributed by atoms with Crippen LogP contribution in [0, 0.1) is 6.92 Å². The van der Waals surface area contributed by atoms with Crippen LogP contribution >= 0.6 is 0 Å². The monoisotopic (exact) mass is 257 g/mol. The molecule has 3 nitrogen and oxygen atoms in total. The highest BCUT2D eigenvalue weighted by atomic mass is 16.3. The summed E-state index contributed by atoms with van der Waals surface area (Å²) in [6.07, 6.45) is 0.951. The van der Waals surface area contributed by atoms with Crippen LogP contribution in [0.15, 0.2) is 42.5 Å². The lowest BCUT2D eigenvalue weighted by atomic mass is 10.1. The fourth-order valence-corrected chi connectivity index (χ4v) is 2.06. The van der Waals surface area contributed by atoms with Crippen molar-refractivity contribution in [2.75, 3.05) is 6.54 Å². The van der Waals surface area contributed by atoms with Gasteiger partial charge in [-0.15, -0.1) is 0 Å². The first-order valence-corrected chi connectivity index (χ1v) is 6.43. The van der Waals surface area contributed by atoms with Crippen molar-refractivity contribution in [1.82, 2.24) is 5.32 Å². The second-order valence-electron chi connectivity index (χ2n) is 4.64. The van der Waals surface area contributed by atoms with Gasteiger partial charge in [0.2, 0.25) is 0 Å². The van der Waals surface area contributed by atoms with Crippen LogP contribution in [0.2, 0.25) is 0 Å². The molecule has 3 N–H and O–H groups in total. The molecule has 0 unspecified atom stereocenters. The van der Waals surface area contributed by atoms with Crippen LogP contribution in [0.5, 0.6) is 11.5 Å². The molecule has 0 radical (unpaired) electrons. The largest absolute Gasteiger partial charge is 0.504 e. The van der Waals surface area contributed by atoms with Crippen LogP contribution < -0.4 is 5.32 Å². The molecule has 0 amide bonds.